The van der Waals surface area contributed by atoms with Crippen LogP contribution in [0.25, 0.3) is 0 Å². The van der Waals surface area contributed by atoms with E-state index in [1.807, 2.05) is 0 Å². The predicted molar refractivity (Wildman–Crippen MR) is 231 cm³/mol. The zero-order valence-corrected chi connectivity index (χ0v) is 36.6. The second-order valence-corrected chi connectivity index (χ2v) is 17.1. The number of esters is 1. The van der Waals surface area contributed by atoms with E-state index in [1.165, 1.54) is 193 Å². The highest BCUT2D eigenvalue weighted by atomic mass is 16.5. The second-order valence-electron chi connectivity index (χ2n) is 17.1. The maximum atomic E-state index is 13.9. The summed E-state index contributed by atoms with van der Waals surface area (Å²) in [7, 11) is 0. The number of hydrogen-bond acceptors (Lipinski definition) is 4. The number of hydrogen-bond donors (Lipinski definition) is 0. The molecule has 5 heteroatoms. The summed E-state index contributed by atoms with van der Waals surface area (Å²) in [5.41, 5.74) is 0. The van der Waals surface area contributed by atoms with Gasteiger partial charge in [0.2, 0.25) is 5.91 Å². The topological polar surface area (TPSA) is 49.9 Å². The molecule has 0 saturated carbocycles. The molecule has 0 aliphatic carbocycles. The van der Waals surface area contributed by atoms with Crippen LogP contribution in [-0.2, 0) is 14.3 Å². The molecule has 0 bridgehead atoms. The van der Waals surface area contributed by atoms with Gasteiger partial charge in [0, 0.05) is 25.4 Å². The monoisotopic (exact) mass is 747 g/mol. The van der Waals surface area contributed by atoms with Crippen molar-refractivity contribution in [3.63, 3.8) is 0 Å². The van der Waals surface area contributed by atoms with Gasteiger partial charge < -0.3 is 14.5 Å². The normalized spacial score (nSPS) is 14.5. The fourth-order valence-corrected chi connectivity index (χ4v) is 8.45. The van der Waals surface area contributed by atoms with Gasteiger partial charge in [0.05, 0.1) is 6.61 Å². The molecule has 1 aliphatic heterocycles. The molecule has 1 rings (SSSR count). The first-order valence-electron chi connectivity index (χ1n) is 24.2. The van der Waals surface area contributed by atoms with Crippen LogP contribution in [0.3, 0.4) is 0 Å². The van der Waals surface area contributed by atoms with Gasteiger partial charge in [-0.15, -0.1) is 0 Å². The Labute approximate surface area is 332 Å². The van der Waals surface area contributed by atoms with Crippen molar-refractivity contribution in [3.05, 3.63) is 0 Å². The molecule has 0 aromatic rings. The third-order valence-electron chi connectivity index (χ3n) is 12.0. The fraction of sp³-hybridized carbons (Fsp3) is 0.958. The molecule has 2 unspecified atom stereocenters. The number of rotatable bonds is 40. The maximum Gasteiger partial charge on any atom is 0.305 e. The Kier molecular flexibility index (Phi) is 35.6. The summed E-state index contributed by atoms with van der Waals surface area (Å²) >= 11 is 0. The van der Waals surface area contributed by atoms with Gasteiger partial charge in [0.25, 0.3) is 0 Å². The minimum absolute atomic E-state index is 0.0132. The highest BCUT2D eigenvalue weighted by Gasteiger charge is 2.23. The van der Waals surface area contributed by atoms with Crippen molar-refractivity contribution in [2.75, 3.05) is 32.8 Å². The molecule has 5 nitrogen and oxygen atoms in total. The van der Waals surface area contributed by atoms with Crippen LogP contribution in [0.4, 0.5) is 0 Å². The third kappa shape index (κ3) is 29.8. The Morgan fingerprint density at radius 2 is 0.943 bits per heavy atom. The summed E-state index contributed by atoms with van der Waals surface area (Å²) in [6.45, 7) is 14.3. The number of likely N-dealkylation sites (tertiary alicyclic amines) is 1. The molecule has 0 aromatic carbocycles. The Bertz CT molecular complexity index is 798. The van der Waals surface area contributed by atoms with Crippen LogP contribution in [0.15, 0.2) is 0 Å². The lowest BCUT2D eigenvalue weighted by atomic mass is 9.96. The zero-order valence-electron chi connectivity index (χ0n) is 36.6. The van der Waals surface area contributed by atoms with Crippen molar-refractivity contribution in [1.29, 1.82) is 0 Å². The number of ether oxygens (including phenoxy) is 1. The maximum absolute atomic E-state index is 13.9. The van der Waals surface area contributed by atoms with Gasteiger partial charge in [-0.3, -0.25) is 9.59 Å². The van der Waals surface area contributed by atoms with Crippen LogP contribution < -0.4 is 0 Å². The van der Waals surface area contributed by atoms with Crippen LogP contribution in [-0.4, -0.2) is 60.5 Å². The van der Waals surface area contributed by atoms with Crippen molar-refractivity contribution in [2.24, 2.45) is 5.92 Å². The van der Waals surface area contributed by atoms with Crippen molar-refractivity contribution in [3.8, 4) is 0 Å². The van der Waals surface area contributed by atoms with Crippen LogP contribution in [0.1, 0.15) is 252 Å². The quantitative estimate of drug-likeness (QED) is 0.0463. The van der Waals surface area contributed by atoms with Crippen molar-refractivity contribution in [2.45, 2.75) is 258 Å². The Morgan fingerprint density at radius 1 is 0.509 bits per heavy atom. The van der Waals surface area contributed by atoms with Crippen molar-refractivity contribution < 1.29 is 14.3 Å². The molecule has 0 spiro atoms. The van der Waals surface area contributed by atoms with Gasteiger partial charge in [-0.1, -0.05) is 182 Å². The smallest absolute Gasteiger partial charge is 0.305 e. The van der Waals surface area contributed by atoms with Gasteiger partial charge in [0.15, 0.2) is 0 Å². The summed E-state index contributed by atoms with van der Waals surface area (Å²) in [4.78, 5) is 31.4. The first kappa shape index (κ1) is 49.9. The van der Waals surface area contributed by atoms with E-state index in [-0.39, 0.29) is 5.97 Å². The van der Waals surface area contributed by atoms with Crippen LogP contribution in [0.2, 0.25) is 0 Å². The number of carbonyl (C=O) groups excluding carboxylic acids is 2. The van der Waals surface area contributed by atoms with E-state index < -0.39 is 0 Å². The molecule has 1 aliphatic rings. The van der Waals surface area contributed by atoms with Crippen LogP contribution in [0.5, 0.6) is 0 Å². The van der Waals surface area contributed by atoms with Gasteiger partial charge in [-0.25, -0.2) is 0 Å². The second kappa shape index (κ2) is 37.8. The Hall–Kier alpha value is -1.10. The standard InChI is InChI=1S/C48H94N2O3/c1-5-9-13-16-18-19-22-27-36-46(50(43-33-42-49-40-31-32-41-49)47(51)38-29-24-17-14-10-6-2)37-28-23-20-21-25-30-39-48(52)53-44-45(34-12-8-4)35-26-15-11-7-3/h45-46H,5-44H2,1-4H3. The van der Waals surface area contributed by atoms with Crippen molar-refractivity contribution >= 4 is 11.9 Å². The fourth-order valence-electron chi connectivity index (χ4n) is 8.45. The van der Waals surface area contributed by atoms with E-state index in [0.29, 0.717) is 30.9 Å². The molecule has 0 radical (unpaired) electrons. The molecule has 1 heterocycles. The molecule has 0 N–H and O–H groups in total. The lowest BCUT2D eigenvalue weighted by Gasteiger charge is -2.33. The number of carbonyl (C=O) groups is 2. The number of unbranched alkanes of at least 4 members (excludes halogenated alkanes) is 21. The molecular formula is C48H94N2O3. The molecule has 2 atom stereocenters. The summed E-state index contributed by atoms with van der Waals surface area (Å²) in [6.07, 6.45) is 42.6. The van der Waals surface area contributed by atoms with Gasteiger partial charge in [0.1, 0.15) is 0 Å². The van der Waals surface area contributed by atoms with E-state index in [4.69, 9.17) is 4.74 Å². The molecule has 53 heavy (non-hydrogen) atoms. The van der Waals surface area contributed by atoms with E-state index in [0.717, 1.165) is 51.6 Å². The SMILES string of the molecule is CCCCCCCCCCC(CCCCCCCCC(=O)OCC(CCCC)CCCCCC)N(CCCN1CCCC1)C(=O)CCCCCCCC. The Balaban J connectivity index is 2.55. The number of amides is 1. The first-order valence-corrected chi connectivity index (χ1v) is 24.2. The molecule has 1 amide bonds. The zero-order chi connectivity index (χ0) is 38.5. The third-order valence-corrected chi connectivity index (χ3v) is 12.0. The summed E-state index contributed by atoms with van der Waals surface area (Å²) < 4.78 is 5.77. The summed E-state index contributed by atoms with van der Waals surface area (Å²) in [5, 5.41) is 0. The lowest BCUT2D eigenvalue weighted by Crippen LogP contribution is -2.42. The van der Waals surface area contributed by atoms with E-state index >= 15 is 0 Å². The van der Waals surface area contributed by atoms with Crippen molar-refractivity contribution in [1.82, 2.24) is 9.80 Å². The number of nitrogens with zero attached hydrogens (tertiary/aromatic N) is 2. The highest BCUT2D eigenvalue weighted by molar-refractivity contribution is 5.76. The van der Waals surface area contributed by atoms with Crippen LogP contribution in [0, 0.1) is 5.92 Å². The van der Waals surface area contributed by atoms with E-state index in [9.17, 15) is 9.59 Å². The minimum Gasteiger partial charge on any atom is -0.465 e. The molecule has 1 fully saturated rings. The first-order chi connectivity index (χ1) is 26.0. The van der Waals surface area contributed by atoms with Gasteiger partial charge in [-0.05, 0) is 83.3 Å². The molecule has 314 valence electrons. The van der Waals surface area contributed by atoms with E-state index in [2.05, 4.69) is 37.5 Å². The van der Waals surface area contributed by atoms with Gasteiger partial charge in [-0.2, -0.15) is 0 Å². The highest BCUT2D eigenvalue weighted by Crippen LogP contribution is 2.23. The predicted octanol–water partition coefficient (Wildman–Crippen LogP) is 14.4. The lowest BCUT2D eigenvalue weighted by molar-refractivity contribution is -0.145. The molecule has 0 aromatic heterocycles. The molecular weight excluding hydrogens is 653 g/mol. The van der Waals surface area contributed by atoms with E-state index in [1.54, 1.807) is 0 Å². The minimum atomic E-state index is 0.0132. The summed E-state index contributed by atoms with van der Waals surface area (Å²) in [6, 6.07) is 0.406. The molecule has 1 saturated heterocycles. The average Bonchev–Trinajstić information content (AvgIpc) is 3.69. The largest absolute Gasteiger partial charge is 0.465 e. The van der Waals surface area contributed by atoms with Crippen LogP contribution >= 0.6 is 0 Å². The summed E-state index contributed by atoms with van der Waals surface area (Å²) in [5.74, 6) is 0.993. The average molecular weight is 747 g/mol. The Morgan fingerprint density at radius 3 is 1.49 bits per heavy atom. The van der Waals surface area contributed by atoms with Gasteiger partial charge >= 0.3 is 5.97 Å².